The average molecular weight is 792 g/mol. The molecule has 8 amide bonds. The number of amides is 8. The van der Waals surface area contributed by atoms with Gasteiger partial charge in [-0.1, -0.05) is 13.8 Å². The molecule has 17 N–H and O–H groups in total. The maximum Gasteiger partial charge on any atom is 0.336 e. The Hall–Kier alpha value is -5.34. The van der Waals surface area contributed by atoms with Crippen molar-refractivity contribution in [3.8, 4) is 0 Å². The predicted octanol–water partition coefficient (Wildman–Crippen LogP) is -9.74. The first-order valence-corrected chi connectivity index (χ1v) is 16.7. The third-order valence-electron chi connectivity index (χ3n) is 8.14. The summed E-state index contributed by atoms with van der Waals surface area (Å²) in [7, 11) is 0. The Morgan fingerprint density at radius 3 is 1.84 bits per heavy atom. The zero-order chi connectivity index (χ0) is 42.5. The van der Waals surface area contributed by atoms with Crippen LogP contribution in [0.25, 0.3) is 0 Å². The Labute approximate surface area is 312 Å². The van der Waals surface area contributed by atoms with Gasteiger partial charge in [0.2, 0.25) is 41.5 Å². The highest BCUT2D eigenvalue weighted by atomic mass is 16.4. The van der Waals surface area contributed by atoms with Crippen LogP contribution in [-0.2, 0) is 47.9 Å². The molecule has 0 aromatic rings. The molecule has 25 heteroatoms. The molecule has 1 saturated heterocycles. The van der Waals surface area contributed by atoms with Gasteiger partial charge in [0.1, 0.15) is 36.4 Å². The Balaban J connectivity index is 3.79. The second-order valence-electron chi connectivity index (χ2n) is 13.0. The van der Waals surface area contributed by atoms with Crippen LogP contribution in [0.3, 0.4) is 0 Å². The molecule has 0 radical (unpaired) electrons. The first-order chi connectivity index (χ1) is 25.4. The van der Waals surface area contributed by atoms with Crippen LogP contribution >= 0.6 is 0 Å². The second-order valence-corrected chi connectivity index (χ2v) is 13.0. The number of carboxylic acid groups (broad SMARTS) is 1. The van der Waals surface area contributed by atoms with Gasteiger partial charge < -0.3 is 79.3 Å². The van der Waals surface area contributed by atoms with Gasteiger partial charge in [-0.25, -0.2) is 4.79 Å². The number of primary amides is 1. The molecule has 0 spiro atoms. The molecule has 0 aliphatic carbocycles. The first-order valence-electron chi connectivity index (χ1n) is 16.7. The quantitative estimate of drug-likeness (QED) is 0.0913. The number of rotatable bonds is 10. The van der Waals surface area contributed by atoms with Crippen LogP contribution in [0.2, 0.25) is 0 Å². The molecule has 11 atom stereocenters. The summed E-state index contributed by atoms with van der Waals surface area (Å²) < 4.78 is 0. The summed E-state index contributed by atoms with van der Waals surface area (Å²) >= 11 is 0. The second kappa shape index (κ2) is 21.5. The molecule has 0 bridgehead atoms. The van der Waals surface area contributed by atoms with Crippen molar-refractivity contribution < 1.29 is 78.6 Å². The van der Waals surface area contributed by atoms with E-state index in [1.165, 1.54) is 20.8 Å². The van der Waals surface area contributed by atoms with E-state index in [1.807, 2.05) is 16.0 Å². The van der Waals surface area contributed by atoms with Crippen LogP contribution in [0, 0.1) is 11.8 Å². The number of carbonyl (C=O) groups excluding carboxylic acids is 9. The molecule has 1 rings (SSSR count). The number of carboxylic acids is 1. The Kier molecular flexibility index (Phi) is 18.7. The number of Topliss-reactive ketones (excluding diaryl/α,β-unsaturated/α-hetero) is 1. The van der Waals surface area contributed by atoms with Crippen molar-refractivity contribution in [1.82, 2.24) is 37.2 Å². The van der Waals surface area contributed by atoms with Crippen LogP contribution in [0.5, 0.6) is 0 Å². The number of β-amino-alcohol motifs (C(OH)–C–C–N with tert-alkyl or cyclic N) is 1. The highest BCUT2D eigenvalue weighted by molar-refractivity contribution is 6.06. The van der Waals surface area contributed by atoms with Crippen LogP contribution < -0.4 is 48.7 Å². The van der Waals surface area contributed by atoms with Crippen LogP contribution in [0.15, 0.2) is 0 Å². The zero-order valence-corrected chi connectivity index (χ0v) is 30.2. The molecule has 1 fully saturated rings. The number of aliphatic carboxylic acids is 1. The molecular weight excluding hydrogens is 742 g/mol. The number of hydrogen-bond acceptors (Lipinski definition) is 16. The molecule has 1 aliphatic heterocycles. The van der Waals surface area contributed by atoms with Gasteiger partial charge in [0, 0.05) is 18.9 Å². The minimum atomic E-state index is -2.53. The highest BCUT2D eigenvalue weighted by Gasteiger charge is 2.41. The van der Waals surface area contributed by atoms with E-state index in [1.54, 1.807) is 5.32 Å². The molecule has 1 heterocycles. The topological polar surface area (TPSA) is 428 Å². The third kappa shape index (κ3) is 14.1. The Bertz CT molecular complexity index is 1470. The molecule has 25 nitrogen and oxygen atoms in total. The standard InChI is InChI=1S/C30H49N9O16/c1-9(2)12-5-15(42)14(8-40)36-25(49)13(6-33-23(47)10(3)31)35-29(53)19(30(54)55)39-26(50)16(43)7-34-27(51)17(11(4)41)37-28(52)18(38-24(12)48)20(44)21(45)22(32)46/h9-14,16-21,40-41,43-45H,5-8,31H2,1-4H3,(H2,32,46)(H,33,47)(H,34,51)(H,35,53)(H,36,49)(H,37,52)(H,38,48)(H,39,50)(H,54,55). The van der Waals surface area contributed by atoms with Gasteiger partial charge in [-0.2, -0.15) is 0 Å². The van der Waals surface area contributed by atoms with Gasteiger partial charge in [0.05, 0.1) is 25.3 Å². The van der Waals surface area contributed by atoms with Gasteiger partial charge in [-0.15, -0.1) is 0 Å². The summed E-state index contributed by atoms with van der Waals surface area (Å²) in [5, 5.41) is 75.1. The monoisotopic (exact) mass is 791 g/mol. The van der Waals surface area contributed by atoms with E-state index in [0.717, 1.165) is 6.92 Å². The number of aliphatic hydroxyl groups is 5. The molecular formula is C30H49N9O16. The van der Waals surface area contributed by atoms with Gasteiger partial charge >= 0.3 is 5.97 Å². The maximum atomic E-state index is 13.5. The van der Waals surface area contributed by atoms with Crippen molar-refractivity contribution in [3.63, 3.8) is 0 Å². The normalized spacial score (nSPS) is 27.9. The summed E-state index contributed by atoms with van der Waals surface area (Å²) in [6, 6.07) is -11.7. The van der Waals surface area contributed by atoms with Crippen molar-refractivity contribution in [1.29, 1.82) is 0 Å². The third-order valence-corrected chi connectivity index (χ3v) is 8.14. The Morgan fingerprint density at radius 2 is 1.35 bits per heavy atom. The van der Waals surface area contributed by atoms with Crippen molar-refractivity contribution in [2.75, 3.05) is 19.7 Å². The van der Waals surface area contributed by atoms with E-state index < -0.39 is 158 Å². The summed E-state index contributed by atoms with van der Waals surface area (Å²) in [6.45, 7) is 2.17. The van der Waals surface area contributed by atoms with E-state index in [9.17, 15) is 78.6 Å². The molecule has 11 unspecified atom stereocenters. The molecule has 310 valence electrons. The summed E-state index contributed by atoms with van der Waals surface area (Å²) in [5.74, 6) is -16.2. The van der Waals surface area contributed by atoms with Gasteiger partial charge in [0.15, 0.2) is 11.9 Å². The number of aliphatic hydroxyl groups excluding tert-OH is 5. The van der Waals surface area contributed by atoms with Gasteiger partial charge in [-0.3, -0.25) is 43.2 Å². The van der Waals surface area contributed by atoms with E-state index in [-0.39, 0.29) is 0 Å². The summed E-state index contributed by atoms with van der Waals surface area (Å²) in [4.78, 5) is 128. The summed E-state index contributed by atoms with van der Waals surface area (Å²) in [6.07, 6.45) is -9.90. The average Bonchev–Trinajstić information content (AvgIpc) is 3.10. The van der Waals surface area contributed by atoms with E-state index in [2.05, 4.69) is 16.0 Å². The van der Waals surface area contributed by atoms with Crippen LogP contribution in [-0.4, -0.2) is 170 Å². The molecule has 0 aromatic carbocycles. The van der Waals surface area contributed by atoms with Crippen molar-refractivity contribution in [2.45, 2.75) is 94.8 Å². The van der Waals surface area contributed by atoms with E-state index >= 15 is 0 Å². The van der Waals surface area contributed by atoms with Crippen molar-refractivity contribution in [3.05, 3.63) is 0 Å². The number of hydrogen-bond donors (Lipinski definition) is 15. The van der Waals surface area contributed by atoms with E-state index in [4.69, 9.17) is 11.5 Å². The lowest BCUT2D eigenvalue weighted by Gasteiger charge is -2.30. The molecule has 1 aliphatic rings. The zero-order valence-electron chi connectivity index (χ0n) is 30.2. The van der Waals surface area contributed by atoms with Crippen LogP contribution in [0.4, 0.5) is 0 Å². The minimum Gasteiger partial charge on any atom is -0.479 e. The van der Waals surface area contributed by atoms with Crippen molar-refractivity contribution >= 4 is 59.0 Å². The van der Waals surface area contributed by atoms with Gasteiger partial charge in [0.25, 0.3) is 11.8 Å². The SMILES string of the molecule is CC(N)C(=O)NCC1NC(=O)C(C(=O)O)NC(=O)C(O)CNC(=O)C(C(C)O)NC(=O)C(C(O)C(O)C(N)=O)NC(=O)C(C(C)C)CC(=O)C(CO)NC1=O. The summed E-state index contributed by atoms with van der Waals surface area (Å²) in [5.41, 5.74) is 10.5. The fourth-order valence-corrected chi connectivity index (χ4v) is 4.76. The lowest BCUT2D eigenvalue weighted by molar-refractivity contribution is -0.148. The number of nitrogens with two attached hydrogens (primary N) is 2. The van der Waals surface area contributed by atoms with Gasteiger partial charge in [-0.05, 0) is 19.8 Å². The Morgan fingerprint density at radius 1 is 0.782 bits per heavy atom. The molecule has 0 saturated carbocycles. The van der Waals surface area contributed by atoms with Crippen molar-refractivity contribution in [2.24, 2.45) is 23.3 Å². The smallest absolute Gasteiger partial charge is 0.336 e. The van der Waals surface area contributed by atoms with Crippen LogP contribution in [0.1, 0.15) is 34.1 Å². The highest BCUT2D eigenvalue weighted by Crippen LogP contribution is 2.18. The largest absolute Gasteiger partial charge is 0.479 e. The number of carbonyl (C=O) groups is 10. The minimum absolute atomic E-state index is 0.780. The fraction of sp³-hybridized carbons (Fsp3) is 0.667. The number of nitrogens with one attached hydrogen (secondary N) is 7. The fourth-order valence-electron chi connectivity index (χ4n) is 4.76. The number of ketones is 1. The lowest BCUT2D eigenvalue weighted by atomic mass is 9.87. The maximum absolute atomic E-state index is 13.5. The molecule has 0 aromatic heterocycles. The predicted molar refractivity (Wildman–Crippen MR) is 181 cm³/mol. The first kappa shape index (κ1) is 47.7. The van der Waals surface area contributed by atoms with E-state index in [0.29, 0.717) is 0 Å². The molecule has 55 heavy (non-hydrogen) atoms. The lowest BCUT2D eigenvalue weighted by Crippen LogP contribution is -2.64.